The summed E-state index contributed by atoms with van der Waals surface area (Å²) >= 11 is 2.23. The van der Waals surface area contributed by atoms with Gasteiger partial charge in [-0.25, -0.2) is 0 Å². The van der Waals surface area contributed by atoms with Gasteiger partial charge in [-0.1, -0.05) is 13.0 Å². The zero-order chi connectivity index (χ0) is 12.0. The summed E-state index contributed by atoms with van der Waals surface area (Å²) in [7, 11) is 0. The molecule has 2 N–H and O–H groups in total. The molecule has 1 rings (SSSR count). The Morgan fingerprint density at radius 1 is 1.47 bits per heavy atom. The second kappa shape index (κ2) is 8.72. The lowest BCUT2D eigenvalue weighted by molar-refractivity contribution is -0.117. The Balaban J connectivity index is 0.00000256. The van der Waals surface area contributed by atoms with Crippen LogP contribution >= 0.6 is 35.0 Å². The summed E-state index contributed by atoms with van der Waals surface area (Å²) in [6.45, 7) is 4.82. The Kier molecular flexibility index (Phi) is 8.55. The fourth-order valence-corrected chi connectivity index (χ4v) is 1.81. The molecule has 0 spiro atoms. The molecule has 0 bridgehead atoms. The first-order chi connectivity index (χ1) is 7.63. The largest absolute Gasteiger partial charge is 0.325 e. The van der Waals surface area contributed by atoms with Crippen LogP contribution in [-0.4, -0.2) is 18.5 Å². The number of hydrogen-bond donors (Lipinski definition) is 2. The van der Waals surface area contributed by atoms with E-state index in [1.807, 2.05) is 31.2 Å². The van der Waals surface area contributed by atoms with Crippen molar-refractivity contribution in [1.29, 1.82) is 0 Å². The molecule has 0 aliphatic carbocycles. The van der Waals surface area contributed by atoms with Crippen LogP contribution in [0.25, 0.3) is 0 Å². The number of carbonyl (C=O) groups excluding carboxylic acids is 1. The molecular weight excluding hydrogens is 351 g/mol. The third-order valence-electron chi connectivity index (χ3n) is 2.19. The van der Waals surface area contributed by atoms with Crippen LogP contribution in [0.2, 0.25) is 0 Å². The summed E-state index contributed by atoms with van der Waals surface area (Å²) in [5.74, 6) is 0.00968. The molecule has 17 heavy (non-hydrogen) atoms. The highest BCUT2D eigenvalue weighted by molar-refractivity contribution is 14.1. The van der Waals surface area contributed by atoms with Gasteiger partial charge < -0.3 is 10.6 Å². The van der Waals surface area contributed by atoms with Crippen LogP contribution in [0.3, 0.4) is 0 Å². The Hall–Kier alpha value is -0.330. The summed E-state index contributed by atoms with van der Waals surface area (Å²) in [5, 5.41) is 6.04. The molecule has 0 radical (unpaired) electrons. The first kappa shape index (κ1) is 16.7. The van der Waals surface area contributed by atoms with Crippen LogP contribution in [-0.2, 0) is 4.79 Å². The SMILES string of the molecule is CCCNC(C)C(=O)Nc1cccc(I)c1.Cl. The minimum absolute atomic E-state index is 0. The van der Waals surface area contributed by atoms with Gasteiger partial charge in [0.1, 0.15) is 0 Å². The van der Waals surface area contributed by atoms with E-state index in [1.165, 1.54) is 0 Å². The van der Waals surface area contributed by atoms with E-state index in [9.17, 15) is 4.79 Å². The molecule has 0 aromatic heterocycles. The average molecular weight is 369 g/mol. The third kappa shape index (κ3) is 6.24. The Bertz CT molecular complexity index is 360. The van der Waals surface area contributed by atoms with Crippen molar-refractivity contribution >= 4 is 46.6 Å². The minimum atomic E-state index is -0.155. The van der Waals surface area contributed by atoms with Gasteiger partial charge in [-0.15, -0.1) is 12.4 Å². The van der Waals surface area contributed by atoms with Crippen LogP contribution in [0.1, 0.15) is 20.3 Å². The number of amides is 1. The Morgan fingerprint density at radius 3 is 2.76 bits per heavy atom. The van der Waals surface area contributed by atoms with E-state index in [0.29, 0.717) is 0 Å². The molecule has 0 saturated carbocycles. The molecule has 5 heteroatoms. The molecule has 0 aliphatic heterocycles. The van der Waals surface area contributed by atoms with Crippen molar-refractivity contribution in [2.75, 3.05) is 11.9 Å². The summed E-state index contributed by atoms with van der Waals surface area (Å²) in [5.41, 5.74) is 0.849. The van der Waals surface area contributed by atoms with Crippen molar-refractivity contribution < 1.29 is 4.79 Å². The fraction of sp³-hybridized carbons (Fsp3) is 0.417. The number of rotatable bonds is 5. The second-order valence-corrected chi connectivity index (χ2v) is 4.92. The van der Waals surface area contributed by atoms with Gasteiger partial charge in [0.05, 0.1) is 6.04 Å². The first-order valence-electron chi connectivity index (χ1n) is 5.43. The summed E-state index contributed by atoms with van der Waals surface area (Å²) in [6.07, 6.45) is 1.03. The zero-order valence-electron chi connectivity index (χ0n) is 10.00. The average Bonchev–Trinajstić information content (AvgIpc) is 2.25. The predicted octanol–water partition coefficient (Wildman–Crippen LogP) is 3.04. The lowest BCUT2D eigenvalue weighted by Gasteiger charge is -2.13. The number of benzene rings is 1. The molecule has 1 atom stereocenters. The molecule has 0 saturated heterocycles. The molecule has 0 fully saturated rings. The standard InChI is InChI=1S/C12H17IN2O.ClH/c1-3-7-14-9(2)12(16)15-11-6-4-5-10(13)8-11;/h4-6,8-9,14H,3,7H2,1-2H3,(H,15,16);1H. The van der Waals surface area contributed by atoms with Gasteiger partial charge in [-0.3, -0.25) is 4.79 Å². The van der Waals surface area contributed by atoms with Gasteiger partial charge >= 0.3 is 0 Å². The zero-order valence-corrected chi connectivity index (χ0v) is 13.0. The van der Waals surface area contributed by atoms with Crippen LogP contribution in [0, 0.1) is 3.57 Å². The molecule has 0 heterocycles. The number of nitrogens with one attached hydrogen (secondary N) is 2. The summed E-state index contributed by atoms with van der Waals surface area (Å²) in [4.78, 5) is 11.8. The van der Waals surface area contributed by atoms with Crippen molar-refractivity contribution in [1.82, 2.24) is 5.32 Å². The normalized spacial score (nSPS) is 11.5. The van der Waals surface area contributed by atoms with Crippen molar-refractivity contribution in [3.63, 3.8) is 0 Å². The minimum Gasteiger partial charge on any atom is -0.325 e. The van der Waals surface area contributed by atoms with E-state index >= 15 is 0 Å². The van der Waals surface area contributed by atoms with Crippen LogP contribution in [0.4, 0.5) is 5.69 Å². The molecular formula is C12H18ClIN2O. The highest BCUT2D eigenvalue weighted by atomic mass is 127. The highest BCUT2D eigenvalue weighted by Crippen LogP contribution is 2.12. The maximum absolute atomic E-state index is 11.8. The van der Waals surface area contributed by atoms with E-state index in [0.717, 1.165) is 22.2 Å². The summed E-state index contributed by atoms with van der Waals surface area (Å²) in [6, 6.07) is 7.62. The quantitative estimate of drug-likeness (QED) is 0.784. The van der Waals surface area contributed by atoms with E-state index < -0.39 is 0 Å². The number of hydrogen-bond acceptors (Lipinski definition) is 2. The van der Waals surface area contributed by atoms with Gasteiger partial charge in [0, 0.05) is 9.26 Å². The van der Waals surface area contributed by atoms with E-state index in [4.69, 9.17) is 0 Å². The maximum atomic E-state index is 11.8. The summed E-state index contributed by atoms with van der Waals surface area (Å²) < 4.78 is 1.12. The van der Waals surface area contributed by atoms with Gasteiger partial charge in [-0.05, 0) is 60.7 Å². The molecule has 0 aliphatic rings. The van der Waals surface area contributed by atoms with Gasteiger partial charge in [0.2, 0.25) is 5.91 Å². The molecule has 3 nitrogen and oxygen atoms in total. The number of halogens is 2. The van der Waals surface area contributed by atoms with E-state index in [-0.39, 0.29) is 24.4 Å². The van der Waals surface area contributed by atoms with Crippen molar-refractivity contribution in [2.45, 2.75) is 26.3 Å². The predicted molar refractivity (Wildman–Crippen MR) is 82.8 cm³/mol. The number of anilines is 1. The molecule has 1 unspecified atom stereocenters. The monoisotopic (exact) mass is 368 g/mol. The smallest absolute Gasteiger partial charge is 0.241 e. The molecule has 1 aromatic carbocycles. The van der Waals surface area contributed by atoms with Crippen molar-refractivity contribution in [3.05, 3.63) is 27.8 Å². The van der Waals surface area contributed by atoms with Gasteiger partial charge in [-0.2, -0.15) is 0 Å². The maximum Gasteiger partial charge on any atom is 0.241 e. The van der Waals surface area contributed by atoms with Gasteiger partial charge in [0.25, 0.3) is 0 Å². The number of carbonyl (C=O) groups is 1. The van der Waals surface area contributed by atoms with E-state index in [1.54, 1.807) is 0 Å². The fourth-order valence-electron chi connectivity index (χ4n) is 1.27. The van der Waals surface area contributed by atoms with Crippen LogP contribution in [0.15, 0.2) is 24.3 Å². The lowest BCUT2D eigenvalue weighted by Crippen LogP contribution is -2.38. The van der Waals surface area contributed by atoms with Crippen molar-refractivity contribution in [3.8, 4) is 0 Å². The third-order valence-corrected chi connectivity index (χ3v) is 2.86. The molecule has 1 aromatic rings. The molecule has 1 amide bonds. The second-order valence-electron chi connectivity index (χ2n) is 3.68. The van der Waals surface area contributed by atoms with E-state index in [2.05, 4.69) is 40.1 Å². The lowest BCUT2D eigenvalue weighted by atomic mass is 10.2. The van der Waals surface area contributed by atoms with Crippen molar-refractivity contribution in [2.24, 2.45) is 0 Å². The Labute approximate surface area is 122 Å². The van der Waals surface area contributed by atoms with Crippen LogP contribution < -0.4 is 10.6 Å². The van der Waals surface area contributed by atoms with Crippen LogP contribution in [0.5, 0.6) is 0 Å². The first-order valence-corrected chi connectivity index (χ1v) is 6.51. The highest BCUT2D eigenvalue weighted by Gasteiger charge is 2.11. The topological polar surface area (TPSA) is 41.1 Å². The van der Waals surface area contributed by atoms with Gasteiger partial charge in [0.15, 0.2) is 0 Å². The molecule has 96 valence electrons. The Morgan fingerprint density at radius 2 is 2.18 bits per heavy atom.